The van der Waals surface area contributed by atoms with Gasteiger partial charge in [-0.3, -0.25) is 4.99 Å². The number of nitrogens with one attached hydrogen (secondary N) is 1. The van der Waals surface area contributed by atoms with E-state index in [2.05, 4.69) is 4.99 Å². The zero-order valence-corrected chi connectivity index (χ0v) is 4.73. The lowest BCUT2D eigenvalue weighted by Gasteiger charge is -1.85. The van der Waals surface area contributed by atoms with Crippen molar-refractivity contribution in [2.75, 3.05) is 7.05 Å². The van der Waals surface area contributed by atoms with Gasteiger partial charge in [0.2, 0.25) is 0 Å². The zero-order valence-electron chi connectivity index (χ0n) is 4.73. The smallest absolute Gasteiger partial charge is 0.0517 e. The van der Waals surface area contributed by atoms with E-state index in [1.165, 1.54) is 6.21 Å². The molecule has 40 valence electrons. The highest BCUT2D eigenvalue weighted by atomic mass is 14.7. The Bertz CT molecular complexity index is 84.1. The van der Waals surface area contributed by atoms with E-state index in [0.29, 0.717) is 0 Å². The van der Waals surface area contributed by atoms with Crippen molar-refractivity contribution in [3.05, 3.63) is 0 Å². The summed E-state index contributed by atoms with van der Waals surface area (Å²) in [7, 11) is 1.70. The molecule has 0 aliphatic rings. The largest absolute Gasteiger partial charge is 0.307 e. The van der Waals surface area contributed by atoms with Gasteiger partial charge in [0.05, 0.1) is 5.71 Å². The lowest BCUT2D eigenvalue weighted by Crippen LogP contribution is -1.94. The second-order valence-corrected chi connectivity index (χ2v) is 1.21. The van der Waals surface area contributed by atoms with Crippen LogP contribution in [0, 0.1) is 5.41 Å². The van der Waals surface area contributed by atoms with Crippen LogP contribution in [-0.4, -0.2) is 19.0 Å². The predicted molar refractivity (Wildman–Crippen MR) is 32.4 cm³/mol. The molecule has 0 rings (SSSR count). The molecule has 2 heteroatoms. The van der Waals surface area contributed by atoms with E-state index in [-0.39, 0.29) is 0 Å². The van der Waals surface area contributed by atoms with Crippen LogP contribution in [-0.2, 0) is 0 Å². The molecule has 0 saturated carbocycles. The number of hydrogen-bond donors (Lipinski definition) is 1. The first kappa shape index (κ1) is 6.34. The summed E-state index contributed by atoms with van der Waals surface area (Å²) in [6.07, 6.45) is 2.14. The van der Waals surface area contributed by atoms with Gasteiger partial charge in [-0.25, -0.2) is 0 Å². The summed E-state index contributed by atoms with van der Waals surface area (Å²) in [4.78, 5) is 3.80. The molecule has 1 N–H and O–H groups in total. The Morgan fingerprint density at radius 1 is 1.86 bits per heavy atom. The Morgan fingerprint density at radius 3 is 2.43 bits per heavy atom. The lowest BCUT2D eigenvalue weighted by atomic mass is 10.3. The van der Waals surface area contributed by atoms with Gasteiger partial charge in [0, 0.05) is 13.3 Å². The molecule has 0 aliphatic carbocycles. The molecule has 0 unspecified atom stereocenters. The summed E-state index contributed by atoms with van der Waals surface area (Å²) in [5, 5.41) is 6.70. The predicted octanol–water partition coefficient (Wildman–Crippen LogP) is 1.12. The second-order valence-electron chi connectivity index (χ2n) is 1.21. The van der Waals surface area contributed by atoms with Crippen molar-refractivity contribution in [3.8, 4) is 0 Å². The van der Waals surface area contributed by atoms with Crippen molar-refractivity contribution in [1.82, 2.24) is 0 Å². The summed E-state index contributed by atoms with van der Waals surface area (Å²) in [6, 6.07) is 0. The first-order valence-corrected chi connectivity index (χ1v) is 2.31. The fourth-order valence-corrected chi connectivity index (χ4v) is 0.325. The van der Waals surface area contributed by atoms with Crippen molar-refractivity contribution in [1.29, 1.82) is 5.41 Å². The Morgan fingerprint density at radius 2 is 2.43 bits per heavy atom. The summed E-state index contributed by atoms with van der Waals surface area (Å²) >= 11 is 0. The molecular formula is C5H10N2. The van der Waals surface area contributed by atoms with Gasteiger partial charge in [0.15, 0.2) is 0 Å². The van der Waals surface area contributed by atoms with Crippen molar-refractivity contribution in [2.45, 2.75) is 13.3 Å². The fourth-order valence-electron chi connectivity index (χ4n) is 0.325. The normalized spacial score (nSPS) is 11.4. The summed E-state index contributed by atoms with van der Waals surface area (Å²) < 4.78 is 0. The van der Waals surface area contributed by atoms with Gasteiger partial charge >= 0.3 is 0 Å². The molecule has 2 nitrogen and oxygen atoms in total. The Balaban J connectivity index is 3.60. The molecule has 0 fully saturated rings. The quantitative estimate of drug-likeness (QED) is 0.502. The Labute approximate surface area is 43.8 Å². The standard InChI is InChI=1S/C5H10N2/c1-3-5(4-6)7-2/h4,6H,3H2,1-2H3/b6-4?,7-5+. The molecule has 0 heterocycles. The summed E-state index contributed by atoms with van der Waals surface area (Å²) in [5.41, 5.74) is 0.847. The van der Waals surface area contributed by atoms with Crippen molar-refractivity contribution in [2.24, 2.45) is 4.99 Å². The van der Waals surface area contributed by atoms with E-state index in [0.717, 1.165) is 12.1 Å². The van der Waals surface area contributed by atoms with Crippen LogP contribution < -0.4 is 0 Å². The average molecular weight is 98.1 g/mol. The minimum absolute atomic E-state index is 0.847. The molecule has 7 heavy (non-hydrogen) atoms. The number of hydrogen-bond acceptors (Lipinski definition) is 2. The van der Waals surface area contributed by atoms with Crippen LogP contribution >= 0.6 is 0 Å². The maximum atomic E-state index is 6.70. The maximum Gasteiger partial charge on any atom is 0.0517 e. The van der Waals surface area contributed by atoms with Crippen LogP contribution in [0.25, 0.3) is 0 Å². The SMILES string of the molecule is CC/C(C=N)=N\C. The monoisotopic (exact) mass is 98.1 g/mol. The molecule has 0 aromatic heterocycles. The highest BCUT2D eigenvalue weighted by Crippen LogP contribution is 1.77. The molecule has 0 spiro atoms. The molecule has 0 saturated heterocycles. The highest BCUT2D eigenvalue weighted by Gasteiger charge is 1.81. The number of rotatable bonds is 2. The topological polar surface area (TPSA) is 36.2 Å². The van der Waals surface area contributed by atoms with Crippen LogP contribution in [0.5, 0.6) is 0 Å². The minimum Gasteiger partial charge on any atom is -0.307 e. The lowest BCUT2D eigenvalue weighted by molar-refractivity contribution is 1.27. The molecule has 0 atom stereocenters. The van der Waals surface area contributed by atoms with Gasteiger partial charge in [-0.1, -0.05) is 6.92 Å². The van der Waals surface area contributed by atoms with E-state index in [1.54, 1.807) is 7.05 Å². The second kappa shape index (κ2) is 3.53. The molecule has 0 amide bonds. The van der Waals surface area contributed by atoms with Gasteiger partial charge in [-0.15, -0.1) is 0 Å². The average Bonchev–Trinajstić information content (AvgIpc) is 1.72. The van der Waals surface area contributed by atoms with Gasteiger partial charge in [-0.05, 0) is 6.42 Å². The van der Waals surface area contributed by atoms with E-state index in [4.69, 9.17) is 5.41 Å². The number of aliphatic imine (C=N–C) groups is 1. The van der Waals surface area contributed by atoms with Gasteiger partial charge in [0.25, 0.3) is 0 Å². The van der Waals surface area contributed by atoms with E-state index < -0.39 is 0 Å². The van der Waals surface area contributed by atoms with Crippen LogP contribution in [0.15, 0.2) is 4.99 Å². The minimum atomic E-state index is 0.847. The molecule has 0 aromatic rings. The van der Waals surface area contributed by atoms with Crippen LogP contribution in [0.2, 0.25) is 0 Å². The van der Waals surface area contributed by atoms with Crippen molar-refractivity contribution in [3.63, 3.8) is 0 Å². The van der Waals surface area contributed by atoms with Gasteiger partial charge in [-0.2, -0.15) is 0 Å². The van der Waals surface area contributed by atoms with E-state index >= 15 is 0 Å². The molecule has 0 aliphatic heterocycles. The molecular weight excluding hydrogens is 88.1 g/mol. The van der Waals surface area contributed by atoms with Crippen LogP contribution in [0.1, 0.15) is 13.3 Å². The molecule has 0 aromatic carbocycles. The fraction of sp³-hybridized carbons (Fsp3) is 0.600. The van der Waals surface area contributed by atoms with Crippen LogP contribution in [0.4, 0.5) is 0 Å². The maximum absolute atomic E-state index is 6.70. The third-order valence-electron chi connectivity index (χ3n) is 0.816. The third kappa shape index (κ3) is 2.09. The van der Waals surface area contributed by atoms with E-state index in [9.17, 15) is 0 Å². The summed E-state index contributed by atoms with van der Waals surface area (Å²) in [6.45, 7) is 1.98. The number of nitrogens with zero attached hydrogens (tertiary/aromatic N) is 1. The Kier molecular flexibility index (Phi) is 3.19. The molecule has 0 bridgehead atoms. The van der Waals surface area contributed by atoms with Crippen molar-refractivity contribution < 1.29 is 0 Å². The first-order valence-electron chi connectivity index (χ1n) is 2.31. The zero-order chi connectivity index (χ0) is 5.70. The molecule has 0 radical (unpaired) electrons. The van der Waals surface area contributed by atoms with Gasteiger partial charge < -0.3 is 5.41 Å². The van der Waals surface area contributed by atoms with Gasteiger partial charge in [0.1, 0.15) is 0 Å². The van der Waals surface area contributed by atoms with Crippen molar-refractivity contribution >= 4 is 11.9 Å². The Hall–Kier alpha value is -0.660. The first-order chi connectivity index (χ1) is 3.35. The highest BCUT2D eigenvalue weighted by molar-refractivity contribution is 6.29. The van der Waals surface area contributed by atoms with E-state index in [1.807, 2.05) is 6.92 Å². The van der Waals surface area contributed by atoms with Crippen LogP contribution in [0.3, 0.4) is 0 Å². The summed E-state index contributed by atoms with van der Waals surface area (Å²) in [5.74, 6) is 0. The third-order valence-corrected chi connectivity index (χ3v) is 0.816.